The lowest BCUT2D eigenvalue weighted by Crippen LogP contribution is -2.31. The zero-order valence-corrected chi connectivity index (χ0v) is 22.4. The van der Waals surface area contributed by atoms with E-state index in [0.717, 1.165) is 25.2 Å². The molecule has 1 amide bonds. The lowest BCUT2D eigenvalue weighted by Gasteiger charge is -2.22. The zero-order chi connectivity index (χ0) is 28.5. The molecule has 1 aliphatic rings. The molecule has 3 aromatic carbocycles. The van der Waals surface area contributed by atoms with Gasteiger partial charge in [-0.25, -0.2) is 13.1 Å². The molecule has 4 rings (SSSR count). The number of nitrogens with zero attached hydrogens (tertiary/aromatic N) is 1. The largest absolute Gasteiger partial charge is 0.456 e. The van der Waals surface area contributed by atoms with Gasteiger partial charge in [0.05, 0.1) is 15.4 Å². The van der Waals surface area contributed by atoms with Crippen LogP contribution in [-0.2, 0) is 26.0 Å². The van der Waals surface area contributed by atoms with Crippen molar-refractivity contribution in [2.24, 2.45) is 5.92 Å². The van der Waals surface area contributed by atoms with Crippen molar-refractivity contribution >= 4 is 33.6 Å². The van der Waals surface area contributed by atoms with Gasteiger partial charge in [0.25, 0.3) is 21.6 Å². The van der Waals surface area contributed by atoms with Crippen LogP contribution in [0.5, 0.6) is 11.5 Å². The fraction of sp³-hybridized carbons (Fsp3) is 0.286. The molecule has 0 aliphatic carbocycles. The summed E-state index contributed by atoms with van der Waals surface area (Å²) >= 11 is 0. The Morgan fingerprint density at radius 1 is 1.07 bits per heavy atom. The average molecular weight is 568 g/mol. The van der Waals surface area contributed by atoms with E-state index in [4.69, 9.17) is 9.47 Å². The highest BCUT2D eigenvalue weighted by atomic mass is 32.2. The number of carbonyl (C=O) groups excluding carboxylic acids is 2. The summed E-state index contributed by atoms with van der Waals surface area (Å²) in [6.07, 6.45) is 2.83. The van der Waals surface area contributed by atoms with Crippen LogP contribution >= 0.6 is 0 Å². The van der Waals surface area contributed by atoms with Crippen molar-refractivity contribution < 1.29 is 32.4 Å². The number of para-hydroxylation sites is 2. The Hall–Kier alpha value is -4.29. The Kier molecular flexibility index (Phi) is 9.46. The minimum Gasteiger partial charge on any atom is -0.456 e. The monoisotopic (exact) mass is 567 g/mol. The summed E-state index contributed by atoms with van der Waals surface area (Å²) in [6, 6.07) is 16.7. The summed E-state index contributed by atoms with van der Waals surface area (Å²) < 4.78 is 39.6. The number of ether oxygens (including phenoxy) is 2. The van der Waals surface area contributed by atoms with Gasteiger partial charge in [-0.3, -0.25) is 14.9 Å². The van der Waals surface area contributed by atoms with E-state index in [2.05, 4.69) is 5.32 Å². The number of sulfonamides is 1. The molecule has 0 unspecified atom stereocenters. The Bertz CT molecular complexity index is 1470. The minimum absolute atomic E-state index is 0.0694. The van der Waals surface area contributed by atoms with Crippen LogP contribution in [0.15, 0.2) is 71.6 Å². The molecule has 2 N–H and O–H groups in total. The standard InChI is InChI=1S/C28H29N3O8S/c32-15-5-7-21-6-4-10-24(27(21)39-22-8-2-1-3-9-22)28(33)30-40(36,37)23-11-12-25(26(18-23)31(34)35)29-19-20-13-16-38-17-14-20/h1-4,6,8-12,15,18,20,29H,5,7,13-14,16-17,19H2,(H,30,33). The molecule has 0 saturated carbocycles. The Morgan fingerprint density at radius 2 is 1.82 bits per heavy atom. The molecule has 1 aliphatic heterocycles. The summed E-state index contributed by atoms with van der Waals surface area (Å²) in [5, 5.41) is 14.8. The number of amides is 1. The molecule has 12 heteroatoms. The molecule has 0 atom stereocenters. The van der Waals surface area contributed by atoms with Crippen LogP contribution in [0.25, 0.3) is 0 Å². The normalized spacial score (nSPS) is 13.8. The third kappa shape index (κ3) is 7.21. The summed E-state index contributed by atoms with van der Waals surface area (Å²) in [4.78, 5) is 34.9. The molecule has 0 spiro atoms. The van der Waals surface area contributed by atoms with Crippen molar-refractivity contribution in [3.8, 4) is 11.5 Å². The highest BCUT2D eigenvalue weighted by Gasteiger charge is 2.26. The first-order chi connectivity index (χ1) is 19.3. The maximum atomic E-state index is 13.2. The number of nitrogens with one attached hydrogen (secondary N) is 2. The second-order valence-corrected chi connectivity index (χ2v) is 10.9. The Labute approximate surface area is 231 Å². The number of nitro groups is 1. The van der Waals surface area contributed by atoms with Crippen LogP contribution < -0.4 is 14.8 Å². The van der Waals surface area contributed by atoms with Gasteiger partial charge in [0.15, 0.2) is 0 Å². The first-order valence-electron chi connectivity index (χ1n) is 12.7. The van der Waals surface area contributed by atoms with Crippen molar-refractivity contribution in [3.05, 3.63) is 88.0 Å². The van der Waals surface area contributed by atoms with E-state index in [1.165, 1.54) is 18.2 Å². The smallest absolute Gasteiger partial charge is 0.293 e. The summed E-state index contributed by atoms with van der Waals surface area (Å²) in [5.41, 5.74) is 0.228. The van der Waals surface area contributed by atoms with Crippen molar-refractivity contribution in [1.29, 1.82) is 0 Å². The fourth-order valence-electron chi connectivity index (χ4n) is 4.32. The van der Waals surface area contributed by atoms with Gasteiger partial charge >= 0.3 is 0 Å². The molecular weight excluding hydrogens is 538 g/mol. The number of aldehydes is 1. The highest BCUT2D eigenvalue weighted by molar-refractivity contribution is 7.90. The van der Waals surface area contributed by atoms with Gasteiger partial charge in [-0.05, 0) is 61.1 Å². The quantitative estimate of drug-likeness (QED) is 0.183. The maximum Gasteiger partial charge on any atom is 0.293 e. The maximum absolute atomic E-state index is 13.2. The molecule has 1 saturated heterocycles. The first kappa shape index (κ1) is 28.7. The fourth-order valence-corrected chi connectivity index (χ4v) is 5.31. The van der Waals surface area contributed by atoms with Crippen LogP contribution in [0.4, 0.5) is 11.4 Å². The second kappa shape index (κ2) is 13.2. The van der Waals surface area contributed by atoms with Crippen molar-refractivity contribution in [3.63, 3.8) is 0 Å². The van der Waals surface area contributed by atoms with E-state index < -0.39 is 31.4 Å². The van der Waals surface area contributed by atoms with E-state index in [1.807, 2.05) is 4.72 Å². The predicted molar refractivity (Wildman–Crippen MR) is 147 cm³/mol. The number of hydrogen-bond acceptors (Lipinski definition) is 9. The minimum atomic E-state index is -4.50. The van der Waals surface area contributed by atoms with Gasteiger partial charge in [-0.15, -0.1) is 0 Å². The highest BCUT2D eigenvalue weighted by Crippen LogP contribution is 2.32. The van der Waals surface area contributed by atoms with E-state index in [-0.39, 0.29) is 35.8 Å². The first-order valence-corrected chi connectivity index (χ1v) is 14.2. The summed E-state index contributed by atoms with van der Waals surface area (Å²) in [5.74, 6) is -0.173. The number of benzene rings is 3. The van der Waals surface area contributed by atoms with Crippen LogP contribution in [0.3, 0.4) is 0 Å². The lowest BCUT2D eigenvalue weighted by atomic mass is 10.0. The molecular formula is C28H29N3O8S. The number of carbonyl (C=O) groups is 2. The molecule has 3 aromatic rings. The number of anilines is 1. The van der Waals surface area contributed by atoms with Gasteiger partial charge in [0.2, 0.25) is 0 Å². The topological polar surface area (TPSA) is 154 Å². The van der Waals surface area contributed by atoms with Crippen molar-refractivity contribution in [1.82, 2.24) is 4.72 Å². The van der Waals surface area contributed by atoms with Gasteiger partial charge in [0, 0.05) is 32.2 Å². The number of hydrogen-bond donors (Lipinski definition) is 2. The lowest BCUT2D eigenvalue weighted by molar-refractivity contribution is -0.384. The summed E-state index contributed by atoms with van der Waals surface area (Å²) in [6.45, 7) is 1.74. The SMILES string of the molecule is O=CCCc1cccc(C(=O)NS(=O)(=O)c2ccc(NCC3CCOCC3)c([N+](=O)[O-])c2)c1Oc1ccccc1. The van der Waals surface area contributed by atoms with Crippen molar-refractivity contribution in [2.75, 3.05) is 25.1 Å². The molecule has 0 bridgehead atoms. The van der Waals surface area contributed by atoms with Crippen molar-refractivity contribution in [2.45, 2.75) is 30.6 Å². The Morgan fingerprint density at radius 3 is 2.52 bits per heavy atom. The van der Waals surface area contributed by atoms with Gasteiger partial charge in [-0.1, -0.05) is 30.3 Å². The van der Waals surface area contributed by atoms with Gasteiger partial charge in [-0.2, -0.15) is 0 Å². The van der Waals surface area contributed by atoms with E-state index in [1.54, 1.807) is 42.5 Å². The van der Waals surface area contributed by atoms with Crippen LogP contribution in [0.2, 0.25) is 0 Å². The van der Waals surface area contributed by atoms with Gasteiger partial charge < -0.3 is 19.6 Å². The molecule has 11 nitrogen and oxygen atoms in total. The summed E-state index contributed by atoms with van der Waals surface area (Å²) in [7, 11) is -4.50. The van der Waals surface area contributed by atoms with Crippen LogP contribution in [0, 0.1) is 16.0 Å². The van der Waals surface area contributed by atoms with E-state index in [9.17, 15) is 28.1 Å². The number of aryl methyl sites for hydroxylation is 1. The molecule has 210 valence electrons. The van der Waals surface area contributed by atoms with Gasteiger partial charge in [0.1, 0.15) is 23.5 Å². The third-order valence-corrected chi connectivity index (χ3v) is 7.79. The van der Waals surface area contributed by atoms with E-state index in [0.29, 0.717) is 31.1 Å². The van der Waals surface area contributed by atoms with Crippen LogP contribution in [0.1, 0.15) is 35.2 Å². The second-order valence-electron chi connectivity index (χ2n) is 9.22. The Balaban J connectivity index is 1.58. The zero-order valence-electron chi connectivity index (χ0n) is 21.6. The number of rotatable bonds is 12. The molecule has 1 fully saturated rings. The predicted octanol–water partition coefficient (Wildman–Crippen LogP) is 4.48. The molecule has 0 aromatic heterocycles. The third-order valence-electron chi connectivity index (χ3n) is 6.46. The van der Waals surface area contributed by atoms with E-state index >= 15 is 0 Å². The van der Waals surface area contributed by atoms with Crippen LogP contribution in [-0.4, -0.2) is 45.3 Å². The molecule has 40 heavy (non-hydrogen) atoms. The average Bonchev–Trinajstić information content (AvgIpc) is 2.96. The molecule has 1 heterocycles. The molecule has 0 radical (unpaired) electrons. The number of nitro benzene ring substituents is 1.